The van der Waals surface area contributed by atoms with Crippen LogP contribution in [0.4, 0.5) is 0 Å². The third kappa shape index (κ3) is 4.91. The van der Waals surface area contributed by atoms with Crippen LogP contribution in [0.5, 0.6) is 0 Å². The summed E-state index contributed by atoms with van der Waals surface area (Å²) < 4.78 is 4.68. The minimum absolute atomic E-state index is 0.220. The molecule has 8 nitrogen and oxygen atoms in total. The van der Waals surface area contributed by atoms with Gasteiger partial charge in [-0.05, 0) is 37.5 Å². The van der Waals surface area contributed by atoms with Gasteiger partial charge in [0.2, 0.25) is 5.91 Å². The number of carbonyl (C=O) groups is 5. The van der Waals surface area contributed by atoms with E-state index in [0.29, 0.717) is 36.9 Å². The zero-order valence-corrected chi connectivity index (χ0v) is 17.9. The first-order valence-corrected chi connectivity index (χ1v) is 10.3. The highest BCUT2D eigenvalue weighted by Gasteiger charge is 2.29. The number of ketones is 2. The van der Waals surface area contributed by atoms with Crippen LogP contribution in [0.15, 0.2) is 42.5 Å². The van der Waals surface area contributed by atoms with Crippen molar-refractivity contribution in [2.45, 2.75) is 32.2 Å². The summed E-state index contributed by atoms with van der Waals surface area (Å²) in [6.07, 6.45) is 1.54. The van der Waals surface area contributed by atoms with E-state index in [2.05, 4.69) is 15.4 Å². The SMILES string of the molecule is COC(=O)[C@H](CCCCNC(=O)c1ccc2c(c1)C(=O)c1ccccc1C2=O)NC(C)=O. The van der Waals surface area contributed by atoms with Crippen molar-refractivity contribution in [1.82, 2.24) is 10.6 Å². The number of fused-ring (bicyclic) bond motifs is 2. The molecule has 2 N–H and O–H groups in total. The molecule has 0 aromatic heterocycles. The molecule has 0 saturated heterocycles. The fraction of sp³-hybridized carbons (Fsp3) is 0.292. The van der Waals surface area contributed by atoms with Gasteiger partial charge in [-0.1, -0.05) is 24.3 Å². The number of hydrogen-bond acceptors (Lipinski definition) is 6. The Morgan fingerprint density at radius 3 is 2.16 bits per heavy atom. The highest BCUT2D eigenvalue weighted by Crippen LogP contribution is 2.27. The van der Waals surface area contributed by atoms with Crippen LogP contribution in [-0.4, -0.2) is 49.0 Å². The molecule has 0 heterocycles. The summed E-state index contributed by atoms with van der Waals surface area (Å²) in [7, 11) is 1.26. The molecule has 0 radical (unpaired) electrons. The average molecular weight is 436 g/mol. The molecular formula is C24H24N2O6. The molecule has 0 fully saturated rings. The molecule has 166 valence electrons. The van der Waals surface area contributed by atoms with Crippen LogP contribution in [0.2, 0.25) is 0 Å². The monoisotopic (exact) mass is 436 g/mol. The zero-order chi connectivity index (χ0) is 23.3. The number of amides is 2. The summed E-state index contributed by atoms with van der Waals surface area (Å²) in [5.41, 5.74) is 1.50. The molecule has 1 aliphatic carbocycles. The van der Waals surface area contributed by atoms with Gasteiger partial charge in [-0.25, -0.2) is 4.79 Å². The fourth-order valence-electron chi connectivity index (χ4n) is 3.65. The number of unbranched alkanes of at least 4 members (excludes halogenated alkanes) is 1. The van der Waals surface area contributed by atoms with Crippen LogP contribution in [0.1, 0.15) is 68.4 Å². The van der Waals surface area contributed by atoms with Crippen molar-refractivity contribution in [2.75, 3.05) is 13.7 Å². The van der Waals surface area contributed by atoms with Gasteiger partial charge in [0.25, 0.3) is 5.91 Å². The van der Waals surface area contributed by atoms with Crippen molar-refractivity contribution in [3.05, 3.63) is 70.3 Å². The van der Waals surface area contributed by atoms with Crippen LogP contribution in [0, 0.1) is 0 Å². The van der Waals surface area contributed by atoms with Gasteiger partial charge in [0.15, 0.2) is 11.6 Å². The van der Waals surface area contributed by atoms with Gasteiger partial charge in [-0.2, -0.15) is 0 Å². The van der Waals surface area contributed by atoms with Gasteiger partial charge in [-0.3, -0.25) is 19.2 Å². The van der Waals surface area contributed by atoms with Gasteiger partial charge in [0.05, 0.1) is 7.11 Å². The first-order valence-electron chi connectivity index (χ1n) is 10.3. The molecule has 2 aromatic rings. The lowest BCUT2D eigenvalue weighted by atomic mass is 9.83. The predicted molar refractivity (Wildman–Crippen MR) is 116 cm³/mol. The van der Waals surface area contributed by atoms with Gasteiger partial charge in [0.1, 0.15) is 6.04 Å². The van der Waals surface area contributed by atoms with Gasteiger partial charge < -0.3 is 15.4 Å². The molecule has 2 aromatic carbocycles. The molecule has 1 aliphatic rings. The van der Waals surface area contributed by atoms with Crippen LogP contribution in [0.25, 0.3) is 0 Å². The standard InChI is InChI=1S/C24H24N2O6/c1-14(27)26-20(24(31)32-2)9-5-6-12-25-23(30)15-10-11-18-19(13-15)22(29)17-8-4-3-7-16(17)21(18)28/h3-4,7-8,10-11,13,20H,5-6,9,12H2,1-2H3,(H,25,30)(H,26,27)/t20-/m0/s1. The molecule has 0 saturated carbocycles. The maximum atomic E-state index is 12.8. The Morgan fingerprint density at radius 2 is 1.53 bits per heavy atom. The van der Waals surface area contributed by atoms with Gasteiger partial charge in [0, 0.05) is 41.3 Å². The maximum absolute atomic E-state index is 12.8. The second-order valence-corrected chi connectivity index (χ2v) is 7.49. The number of esters is 1. The van der Waals surface area contributed by atoms with Crippen molar-refractivity contribution >= 4 is 29.4 Å². The van der Waals surface area contributed by atoms with E-state index in [1.807, 2.05) is 0 Å². The minimum atomic E-state index is -0.722. The van der Waals surface area contributed by atoms with Crippen molar-refractivity contribution in [3.8, 4) is 0 Å². The third-order valence-electron chi connectivity index (χ3n) is 5.26. The lowest BCUT2D eigenvalue weighted by Gasteiger charge is -2.18. The number of benzene rings is 2. The summed E-state index contributed by atoms with van der Waals surface area (Å²) >= 11 is 0. The number of ether oxygens (including phenoxy) is 1. The van der Waals surface area contributed by atoms with E-state index in [1.165, 1.54) is 32.2 Å². The molecule has 3 rings (SSSR count). The zero-order valence-electron chi connectivity index (χ0n) is 17.9. The maximum Gasteiger partial charge on any atom is 0.328 e. The molecule has 0 aliphatic heterocycles. The molecule has 0 unspecified atom stereocenters. The quantitative estimate of drug-likeness (QED) is 0.412. The highest BCUT2D eigenvalue weighted by atomic mass is 16.5. The third-order valence-corrected chi connectivity index (χ3v) is 5.26. The van der Waals surface area contributed by atoms with Crippen LogP contribution < -0.4 is 10.6 Å². The second-order valence-electron chi connectivity index (χ2n) is 7.49. The van der Waals surface area contributed by atoms with E-state index in [1.54, 1.807) is 24.3 Å². The molecular weight excluding hydrogens is 412 g/mol. The molecule has 1 atom stereocenters. The summed E-state index contributed by atoms with van der Waals surface area (Å²) in [5.74, 6) is -1.72. The number of methoxy groups -OCH3 is 1. The molecule has 8 heteroatoms. The number of nitrogens with one attached hydrogen (secondary N) is 2. The topological polar surface area (TPSA) is 119 Å². The van der Waals surface area contributed by atoms with Crippen molar-refractivity contribution in [1.29, 1.82) is 0 Å². The van der Waals surface area contributed by atoms with Crippen LogP contribution in [0.3, 0.4) is 0 Å². The Kier molecular flexibility index (Phi) is 7.14. The van der Waals surface area contributed by atoms with Crippen LogP contribution in [-0.2, 0) is 14.3 Å². The second kappa shape index (κ2) is 10.00. The smallest absolute Gasteiger partial charge is 0.328 e. The highest BCUT2D eigenvalue weighted by molar-refractivity contribution is 6.28. The Hall–Kier alpha value is -3.81. The lowest BCUT2D eigenvalue weighted by molar-refractivity contribution is -0.145. The van der Waals surface area contributed by atoms with Gasteiger partial charge >= 0.3 is 5.97 Å². The van der Waals surface area contributed by atoms with Gasteiger partial charge in [-0.15, -0.1) is 0 Å². The largest absolute Gasteiger partial charge is 0.467 e. The minimum Gasteiger partial charge on any atom is -0.467 e. The van der Waals surface area contributed by atoms with E-state index in [-0.39, 0.29) is 40.1 Å². The average Bonchev–Trinajstić information content (AvgIpc) is 2.80. The summed E-state index contributed by atoms with van der Waals surface area (Å²) in [6, 6.07) is 10.4. The van der Waals surface area contributed by atoms with Crippen molar-refractivity contribution < 1.29 is 28.7 Å². The molecule has 2 amide bonds. The van der Waals surface area contributed by atoms with E-state index in [0.717, 1.165) is 0 Å². The Labute approximate surface area is 185 Å². The van der Waals surface area contributed by atoms with E-state index in [4.69, 9.17) is 0 Å². The predicted octanol–water partition coefficient (Wildman–Crippen LogP) is 2.04. The van der Waals surface area contributed by atoms with Crippen molar-refractivity contribution in [2.24, 2.45) is 0 Å². The summed E-state index contributed by atoms with van der Waals surface area (Å²) in [4.78, 5) is 60.9. The number of carbonyl (C=O) groups excluding carboxylic acids is 5. The molecule has 0 spiro atoms. The summed E-state index contributed by atoms with van der Waals surface area (Å²) in [6.45, 7) is 1.67. The number of rotatable bonds is 8. The Bertz CT molecular complexity index is 1090. The number of hydrogen-bond donors (Lipinski definition) is 2. The van der Waals surface area contributed by atoms with Crippen LogP contribution >= 0.6 is 0 Å². The normalized spacial score (nSPS) is 12.9. The first-order chi connectivity index (χ1) is 15.3. The molecule has 0 bridgehead atoms. The van der Waals surface area contributed by atoms with E-state index >= 15 is 0 Å². The Morgan fingerprint density at radius 1 is 0.906 bits per heavy atom. The first kappa shape index (κ1) is 22.9. The van der Waals surface area contributed by atoms with E-state index < -0.39 is 12.0 Å². The Balaban J connectivity index is 1.58. The lowest BCUT2D eigenvalue weighted by Crippen LogP contribution is -2.40. The van der Waals surface area contributed by atoms with E-state index in [9.17, 15) is 24.0 Å². The van der Waals surface area contributed by atoms with Crippen molar-refractivity contribution in [3.63, 3.8) is 0 Å². The molecule has 32 heavy (non-hydrogen) atoms. The fourth-order valence-corrected chi connectivity index (χ4v) is 3.65. The summed E-state index contributed by atoms with van der Waals surface area (Å²) in [5, 5.41) is 5.31.